The first-order valence-corrected chi connectivity index (χ1v) is 9.16. The van der Waals surface area contributed by atoms with Gasteiger partial charge in [0, 0.05) is 41.7 Å². The first kappa shape index (κ1) is 21.6. The van der Waals surface area contributed by atoms with Crippen LogP contribution in [-0.2, 0) is 17.8 Å². The number of aromatic nitrogens is 3. The van der Waals surface area contributed by atoms with Crippen molar-refractivity contribution in [3.8, 4) is 17.3 Å². The summed E-state index contributed by atoms with van der Waals surface area (Å²) >= 11 is 5.84. The van der Waals surface area contributed by atoms with E-state index < -0.39 is 12.8 Å². The molecule has 3 rings (SSSR count). The average Bonchev–Trinajstić information content (AvgIpc) is 3.19. The molecule has 1 amide bonds. The lowest BCUT2D eigenvalue weighted by molar-refractivity contribution is -0.154. The molecule has 2 aromatic heterocycles. The molecule has 0 radical (unpaired) electrons. The molecule has 0 aliphatic heterocycles. The molecule has 0 spiro atoms. The molecule has 11 heteroatoms. The minimum absolute atomic E-state index is 0.0281. The van der Waals surface area contributed by atoms with Gasteiger partial charge in [0.05, 0.1) is 0 Å². The molecule has 0 aliphatic carbocycles. The fraction of sp³-hybridized carbons (Fsp3) is 0.263. The second-order valence-corrected chi connectivity index (χ2v) is 6.60. The largest absolute Gasteiger partial charge is 0.468 e. The van der Waals surface area contributed by atoms with Crippen LogP contribution < -0.4 is 10.1 Å². The van der Waals surface area contributed by atoms with Crippen LogP contribution in [0.4, 0.5) is 13.2 Å². The summed E-state index contributed by atoms with van der Waals surface area (Å²) in [5, 5.41) is 7.05. The highest BCUT2D eigenvalue weighted by atomic mass is 35.5. The van der Waals surface area contributed by atoms with Crippen LogP contribution in [0.3, 0.4) is 0 Å². The topological polar surface area (TPSA) is 90.1 Å². The first-order valence-electron chi connectivity index (χ1n) is 8.79. The van der Waals surface area contributed by atoms with Crippen molar-refractivity contribution in [3.05, 3.63) is 59.1 Å². The molecule has 0 saturated carbocycles. The summed E-state index contributed by atoms with van der Waals surface area (Å²) in [5.41, 5.74) is 1.06. The van der Waals surface area contributed by atoms with Crippen molar-refractivity contribution in [1.82, 2.24) is 20.4 Å². The summed E-state index contributed by atoms with van der Waals surface area (Å²) < 4.78 is 46.8. The number of carbonyl (C=O) groups excluding carboxylic acids is 1. The quantitative estimate of drug-likeness (QED) is 0.570. The fourth-order valence-electron chi connectivity index (χ4n) is 2.41. The molecule has 158 valence electrons. The van der Waals surface area contributed by atoms with E-state index in [1.807, 2.05) is 0 Å². The normalized spacial score (nSPS) is 11.3. The van der Waals surface area contributed by atoms with Crippen molar-refractivity contribution in [2.24, 2.45) is 0 Å². The van der Waals surface area contributed by atoms with Crippen molar-refractivity contribution in [3.63, 3.8) is 0 Å². The van der Waals surface area contributed by atoms with Gasteiger partial charge in [-0.2, -0.15) is 18.2 Å². The van der Waals surface area contributed by atoms with Crippen LogP contribution in [0.5, 0.6) is 5.88 Å². The van der Waals surface area contributed by atoms with Crippen molar-refractivity contribution in [2.75, 3.05) is 6.61 Å². The Balaban J connectivity index is 1.50. The van der Waals surface area contributed by atoms with E-state index in [1.54, 1.807) is 30.3 Å². The molecule has 30 heavy (non-hydrogen) atoms. The molecular weight excluding hydrogens is 425 g/mol. The number of rotatable bonds is 8. The zero-order valence-corrected chi connectivity index (χ0v) is 16.2. The summed E-state index contributed by atoms with van der Waals surface area (Å²) in [5.74, 6) is 0.140. The van der Waals surface area contributed by atoms with E-state index in [-0.39, 0.29) is 37.1 Å². The zero-order valence-electron chi connectivity index (χ0n) is 15.4. The Kier molecular flexibility index (Phi) is 6.88. The number of halogens is 4. The number of amides is 1. The SMILES string of the molecule is O=C(CCc1nc(-c2ccc(Cl)cc2)no1)NCc1cccnc1OCC(F)(F)F. The van der Waals surface area contributed by atoms with Crippen LogP contribution in [0.2, 0.25) is 5.02 Å². The van der Waals surface area contributed by atoms with Crippen LogP contribution in [0, 0.1) is 0 Å². The average molecular weight is 441 g/mol. The molecule has 0 atom stereocenters. The molecule has 0 bridgehead atoms. The van der Waals surface area contributed by atoms with Gasteiger partial charge < -0.3 is 14.6 Å². The summed E-state index contributed by atoms with van der Waals surface area (Å²) in [4.78, 5) is 20.1. The summed E-state index contributed by atoms with van der Waals surface area (Å²) in [6.45, 7) is -1.49. The maximum atomic E-state index is 12.3. The molecule has 0 aliphatic rings. The van der Waals surface area contributed by atoms with E-state index in [0.717, 1.165) is 5.56 Å². The standard InChI is InChI=1S/C19H16ClF3N4O3/c20-14-5-3-12(4-6-14)17-26-16(30-27-17)8-7-15(28)25-10-13-2-1-9-24-18(13)29-11-19(21,22)23/h1-6,9H,7-8,10-11H2,(H,25,28). The zero-order chi connectivity index (χ0) is 21.6. The van der Waals surface area contributed by atoms with Gasteiger partial charge in [-0.15, -0.1) is 0 Å². The van der Waals surface area contributed by atoms with Crippen LogP contribution >= 0.6 is 11.6 Å². The maximum absolute atomic E-state index is 12.3. The Morgan fingerprint density at radius 1 is 1.20 bits per heavy atom. The van der Waals surface area contributed by atoms with E-state index >= 15 is 0 Å². The number of nitrogens with one attached hydrogen (secondary N) is 1. The first-order chi connectivity index (χ1) is 14.3. The maximum Gasteiger partial charge on any atom is 0.422 e. The number of pyridine rings is 1. The van der Waals surface area contributed by atoms with Gasteiger partial charge >= 0.3 is 6.18 Å². The second-order valence-electron chi connectivity index (χ2n) is 6.17. The lowest BCUT2D eigenvalue weighted by Gasteiger charge is -2.12. The lowest BCUT2D eigenvalue weighted by atomic mass is 10.2. The van der Waals surface area contributed by atoms with E-state index in [4.69, 9.17) is 16.1 Å². The van der Waals surface area contributed by atoms with Gasteiger partial charge in [0.25, 0.3) is 0 Å². The number of carbonyl (C=O) groups is 1. The highest BCUT2D eigenvalue weighted by Crippen LogP contribution is 2.20. The van der Waals surface area contributed by atoms with Crippen LogP contribution in [-0.4, -0.2) is 33.8 Å². The number of hydrogen-bond acceptors (Lipinski definition) is 6. The van der Waals surface area contributed by atoms with Crippen LogP contribution in [0.25, 0.3) is 11.4 Å². The van der Waals surface area contributed by atoms with E-state index in [1.165, 1.54) is 12.3 Å². The predicted octanol–water partition coefficient (Wildman–Crippen LogP) is 3.98. The highest BCUT2D eigenvalue weighted by Gasteiger charge is 2.29. The number of alkyl halides is 3. The highest BCUT2D eigenvalue weighted by molar-refractivity contribution is 6.30. The van der Waals surface area contributed by atoms with E-state index in [9.17, 15) is 18.0 Å². The third kappa shape index (κ3) is 6.45. The number of benzene rings is 1. The number of ether oxygens (including phenoxy) is 1. The molecule has 1 N–H and O–H groups in total. The number of hydrogen-bond donors (Lipinski definition) is 1. The van der Waals surface area contributed by atoms with Gasteiger partial charge in [-0.25, -0.2) is 4.98 Å². The second kappa shape index (κ2) is 9.57. The van der Waals surface area contributed by atoms with Gasteiger partial charge in [0.2, 0.25) is 23.5 Å². The van der Waals surface area contributed by atoms with Crippen molar-refractivity contribution >= 4 is 17.5 Å². The van der Waals surface area contributed by atoms with Gasteiger partial charge in [0.15, 0.2) is 6.61 Å². The van der Waals surface area contributed by atoms with Gasteiger partial charge in [-0.05, 0) is 30.3 Å². The number of aryl methyl sites for hydroxylation is 1. The molecule has 7 nitrogen and oxygen atoms in total. The number of nitrogens with zero attached hydrogens (tertiary/aromatic N) is 3. The molecule has 3 aromatic rings. The molecule has 0 fully saturated rings. The molecule has 2 heterocycles. The Hall–Kier alpha value is -3.14. The van der Waals surface area contributed by atoms with Crippen molar-refractivity contribution < 1.29 is 27.2 Å². The van der Waals surface area contributed by atoms with Crippen LogP contribution in [0.15, 0.2) is 47.1 Å². The van der Waals surface area contributed by atoms with Gasteiger partial charge in [-0.3, -0.25) is 4.79 Å². The predicted molar refractivity (Wildman–Crippen MR) is 101 cm³/mol. The van der Waals surface area contributed by atoms with Crippen molar-refractivity contribution in [1.29, 1.82) is 0 Å². The van der Waals surface area contributed by atoms with Gasteiger partial charge in [0.1, 0.15) is 0 Å². The van der Waals surface area contributed by atoms with Gasteiger partial charge in [-0.1, -0.05) is 22.8 Å². The summed E-state index contributed by atoms with van der Waals surface area (Å²) in [6, 6.07) is 9.96. The molecule has 1 aromatic carbocycles. The molecule has 0 unspecified atom stereocenters. The van der Waals surface area contributed by atoms with E-state index in [2.05, 4.69) is 25.2 Å². The summed E-state index contributed by atoms with van der Waals surface area (Å²) in [6.07, 6.45) is -2.91. The fourth-order valence-corrected chi connectivity index (χ4v) is 2.54. The Labute approximate surface area is 174 Å². The minimum Gasteiger partial charge on any atom is -0.468 e. The Bertz CT molecular complexity index is 993. The third-order valence-electron chi connectivity index (χ3n) is 3.83. The molecular formula is C19H16ClF3N4O3. The monoisotopic (exact) mass is 440 g/mol. The third-order valence-corrected chi connectivity index (χ3v) is 4.09. The molecule has 0 saturated heterocycles. The van der Waals surface area contributed by atoms with Crippen LogP contribution in [0.1, 0.15) is 17.9 Å². The lowest BCUT2D eigenvalue weighted by Crippen LogP contribution is -2.24. The Morgan fingerprint density at radius 3 is 2.70 bits per heavy atom. The summed E-state index contributed by atoms with van der Waals surface area (Å²) in [7, 11) is 0. The Morgan fingerprint density at radius 2 is 1.97 bits per heavy atom. The van der Waals surface area contributed by atoms with Crippen molar-refractivity contribution in [2.45, 2.75) is 25.6 Å². The van der Waals surface area contributed by atoms with E-state index in [0.29, 0.717) is 16.4 Å². The smallest absolute Gasteiger partial charge is 0.422 e. The minimum atomic E-state index is -4.48.